The van der Waals surface area contributed by atoms with Gasteiger partial charge in [0.25, 0.3) is 0 Å². The molecule has 0 radical (unpaired) electrons. The van der Waals surface area contributed by atoms with E-state index in [1.54, 1.807) is 6.07 Å². The molecule has 1 heterocycles. The lowest BCUT2D eigenvalue weighted by atomic mass is 10.0. The van der Waals surface area contributed by atoms with Crippen molar-refractivity contribution in [2.24, 2.45) is 5.92 Å². The number of rotatable bonds is 5. The zero-order chi connectivity index (χ0) is 16.1. The number of urea groups is 1. The summed E-state index contributed by atoms with van der Waals surface area (Å²) in [7, 11) is 0. The monoisotopic (exact) mass is 326 g/mol. The van der Waals surface area contributed by atoms with Crippen LogP contribution in [0.1, 0.15) is 38.3 Å². The highest BCUT2D eigenvalue weighted by atomic mass is 32.2. The van der Waals surface area contributed by atoms with E-state index in [2.05, 4.69) is 10.6 Å². The lowest BCUT2D eigenvalue weighted by Gasteiger charge is -2.26. The van der Waals surface area contributed by atoms with E-state index in [0.29, 0.717) is 4.90 Å². The topological polar surface area (TPSA) is 61.4 Å². The van der Waals surface area contributed by atoms with Gasteiger partial charge in [-0.1, -0.05) is 32.4 Å². The van der Waals surface area contributed by atoms with Gasteiger partial charge in [-0.3, -0.25) is 0 Å². The highest BCUT2D eigenvalue weighted by Crippen LogP contribution is 2.37. The van der Waals surface area contributed by atoms with Crippen LogP contribution in [-0.4, -0.2) is 29.5 Å². The second-order valence-electron chi connectivity index (χ2n) is 5.66. The molecule has 22 heavy (non-hydrogen) atoms. The van der Waals surface area contributed by atoms with Crippen LogP contribution in [0.25, 0.3) is 0 Å². The lowest BCUT2D eigenvalue weighted by Crippen LogP contribution is -2.43. The number of amides is 2. The van der Waals surface area contributed by atoms with Crippen LogP contribution in [0.2, 0.25) is 0 Å². The molecule has 0 saturated carbocycles. The molecule has 3 unspecified atom stereocenters. The average molecular weight is 326 g/mol. The second-order valence-corrected chi connectivity index (χ2v) is 6.76. The van der Waals surface area contributed by atoms with Crippen LogP contribution in [0.5, 0.6) is 0 Å². The summed E-state index contributed by atoms with van der Waals surface area (Å²) in [5.74, 6) is 0.678. The van der Waals surface area contributed by atoms with Crippen LogP contribution in [0.3, 0.4) is 0 Å². The fraction of sp³-hybridized carbons (Fsp3) is 0.562. The fourth-order valence-corrected chi connectivity index (χ4v) is 3.56. The van der Waals surface area contributed by atoms with Gasteiger partial charge in [0.1, 0.15) is 5.82 Å². The molecule has 3 atom stereocenters. The van der Waals surface area contributed by atoms with Gasteiger partial charge in [0, 0.05) is 17.2 Å². The lowest BCUT2D eigenvalue weighted by molar-refractivity contribution is 0.114. The van der Waals surface area contributed by atoms with E-state index in [0.717, 1.165) is 24.2 Å². The standard InChI is InChI=1S/C16H23FN2O2S/c1-3-10(2)14(20)9-18-16(21)19-13-7-8-22-15-11(13)5-4-6-12(15)17/h4-6,10,13-14,20H,3,7-9H2,1-2H3,(H2,18,19,21). The highest BCUT2D eigenvalue weighted by Gasteiger charge is 2.24. The molecule has 1 aromatic rings. The first-order valence-corrected chi connectivity index (χ1v) is 8.65. The molecule has 1 aliphatic heterocycles. The smallest absolute Gasteiger partial charge is 0.315 e. The number of carbonyl (C=O) groups excluding carboxylic acids is 1. The molecule has 0 saturated heterocycles. The highest BCUT2D eigenvalue weighted by molar-refractivity contribution is 7.99. The molecule has 0 aliphatic carbocycles. The molecule has 0 spiro atoms. The number of benzene rings is 1. The Hall–Kier alpha value is -1.27. The summed E-state index contributed by atoms with van der Waals surface area (Å²) in [5.41, 5.74) is 0.828. The van der Waals surface area contributed by atoms with E-state index in [1.807, 2.05) is 19.9 Å². The summed E-state index contributed by atoms with van der Waals surface area (Å²) in [6.45, 7) is 4.17. The predicted octanol–water partition coefficient (Wildman–Crippen LogP) is 3.07. The molecule has 122 valence electrons. The Morgan fingerprint density at radius 1 is 1.55 bits per heavy atom. The van der Waals surface area contributed by atoms with Crippen LogP contribution < -0.4 is 10.6 Å². The number of nitrogens with one attached hydrogen (secondary N) is 2. The minimum Gasteiger partial charge on any atom is -0.391 e. The zero-order valence-corrected chi connectivity index (χ0v) is 13.8. The first-order chi connectivity index (χ1) is 10.5. The molecule has 2 amide bonds. The van der Waals surface area contributed by atoms with Gasteiger partial charge in [-0.05, 0) is 24.0 Å². The van der Waals surface area contributed by atoms with E-state index in [4.69, 9.17) is 0 Å². The van der Waals surface area contributed by atoms with Gasteiger partial charge in [0.15, 0.2) is 0 Å². The number of carbonyl (C=O) groups is 1. The molecule has 4 nitrogen and oxygen atoms in total. The normalized spacial score (nSPS) is 19.9. The molecule has 3 N–H and O–H groups in total. The van der Waals surface area contributed by atoms with Crippen molar-refractivity contribution in [3.8, 4) is 0 Å². The van der Waals surface area contributed by atoms with Crippen LogP contribution in [0, 0.1) is 11.7 Å². The molecule has 6 heteroatoms. The fourth-order valence-electron chi connectivity index (χ4n) is 2.42. The summed E-state index contributed by atoms with van der Waals surface area (Å²) < 4.78 is 13.8. The van der Waals surface area contributed by atoms with Crippen LogP contribution in [0.15, 0.2) is 23.1 Å². The summed E-state index contributed by atoms with van der Waals surface area (Å²) in [6.07, 6.45) is 1.07. The van der Waals surface area contributed by atoms with Crippen LogP contribution in [0.4, 0.5) is 9.18 Å². The Balaban J connectivity index is 1.92. The molecular formula is C16H23FN2O2S. The van der Waals surface area contributed by atoms with Crippen molar-refractivity contribution in [1.82, 2.24) is 10.6 Å². The summed E-state index contributed by atoms with van der Waals surface area (Å²) in [4.78, 5) is 12.6. The van der Waals surface area contributed by atoms with Gasteiger partial charge >= 0.3 is 6.03 Å². The van der Waals surface area contributed by atoms with E-state index in [1.165, 1.54) is 17.8 Å². The first kappa shape index (κ1) is 17.1. The van der Waals surface area contributed by atoms with Crippen LogP contribution >= 0.6 is 11.8 Å². The third-order valence-corrected chi connectivity index (χ3v) is 5.26. The number of fused-ring (bicyclic) bond motifs is 1. The molecular weight excluding hydrogens is 303 g/mol. The number of hydrogen-bond acceptors (Lipinski definition) is 3. The number of thioether (sulfide) groups is 1. The van der Waals surface area contributed by atoms with Crippen molar-refractivity contribution in [3.05, 3.63) is 29.6 Å². The van der Waals surface area contributed by atoms with Gasteiger partial charge < -0.3 is 15.7 Å². The van der Waals surface area contributed by atoms with Gasteiger partial charge in [-0.15, -0.1) is 11.8 Å². The second kappa shape index (κ2) is 7.83. The van der Waals surface area contributed by atoms with E-state index in [-0.39, 0.29) is 30.4 Å². The maximum Gasteiger partial charge on any atom is 0.315 e. The minimum atomic E-state index is -0.553. The largest absolute Gasteiger partial charge is 0.391 e. The Morgan fingerprint density at radius 3 is 3.05 bits per heavy atom. The third-order valence-electron chi connectivity index (χ3n) is 4.10. The van der Waals surface area contributed by atoms with E-state index in [9.17, 15) is 14.3 Å². The molecule has 2 rings (SSSR count). The van der Waals surface area contributed by atoms with Crippen molar-refractivity contribution >= 4 is 17.8 Å². The van der Waals surface area contributed by atoms with Crippen molar-refractivity contribution in [3.63, 3.8) is 0 Å². The molecule has 1 aromatic carbocycles. The molecule has 0 fully saturated rings. The number of aliphatic hydroxyl groups is 1. The maximum absolute atomic E-state index is 13.8. The maximum atomic E-state index is 13.8. The van der Waals surface area contributed by atoms with Gasteiger partial charge in [0.05, 0.1) is 12.1 Å². The minimum absolute atomic E-state index is 0.140. The number of hydrogen-bond donors (Lipinski definition) is 3. The number of halogens is 1. The van der Waals surface area contributed by atoms with Crippen molar-refractivity contribution in [2.75, 3.05) is 12.3 Å². The van der Waals surface area contributed by atoms with Crippen molar-refractivity contribution in [2.45, 2.75) is 43.7 Å². The Morgan fingerprint density at radius 2 is 2.32 bits per heavy atom. The third kappa shape index (κ3) is 4.14. The number of aliphatic hydroxyl groups excluding tert-OH is 1. The predicted molar refractivity (Wildman–Crippen MR) is 86.5 cm³/mol. The van der Waals surface area contributed by atoms with Crippen LogP contribution in [-0.2, 0) is 0 Å². The van der Waals surface area contributed by atoms with Gasteiger partial charge in [-0.25, -0.2) is 9.18 Å². The van der Waals surface area contributed by atoms with Gasteiger partial charge in [0.2, 0.25) is 0 Å². The first-order valence-electron chi connectivity index (χ1n) is 7.66. The van der Waals surface area contributed by atoms with E-state index >= 15 is 0 Å². The Kier molecular flexibility index (Phi) is 6.08. The molecule has 0 aromatic heterocycles. The molecule has 1 aliphatic rings. The molecule has 0 bridgehead atoms. The van der Waals surface area contributed by atoms with Crippen molar-refractivity contribution < 1.29 is 14.3 Å². The Bertz CT molecular complexity index is 527. The summed E-state index contributed by atoms with van der Waals surface area (Å²) in [5, 5.41) is 15.4. The SMILES string of the molecule is CCC(C)C(O)CNC(=O)NC1CCSc2c(F)cccc21. The summed E-state index contributed by atoms with van der Waals surface area (Å²) in [6, 6.07) is 4.45. The summed E-state index contributed by atoms with van der Waals surface area (Å²) >= 11 is 1.48. The van der Waals surface area contributed by atoms with E-state index < -0.39 is 6.10 Å². The van der Waals surface area contributed by atoms with Gasteiger partial charge in [-0.2, -0.15) is 0 Å². The quantitative estimate of drug-likeness (QED) is 0.779. The van der Waals surface area contributed by atoms with Crippen molar-refractivity contribution in [1.29, 1.82) is 0 Å². The Labute approximate surface area is 134 Å². The zero-order valence-electron chi connectivity index (χ0n) is 12.9. The average Bonchev–Trinajstić information content (AvgIpc) is 2.53.